The van der Waals surface area contributed by atoms with Crippen molar-refractivity contribution in [1.82, 2.24) is 5.32 Å². The Balaban J connectivity index is 2.69. The van der Waals surface area contributed by atoms with E-state index in [1.165, 1.54) is 6.92 Å². The van der Waals surface area contributed by atoms with Crippen molar-refractivity contribution in [2.45, 2.75) is 20.8 Å². The van der Waals surface area contributed by atoms with Gasteiger partial charge in [0, 0.05) is 24.2 Å². The monoisotopic (exact) mass is 279 g/mol. The molecule has 0 aliphatic heterocycles. The van der Waals surface area contributed by atoms with Gasteiger partial charge in [-0.05, 0) is 30.4 Å². The Morgan fingerprint density at radius 2 is 1.74 bits per heavy atom. The summed E-state index contributed by atoms with van der Waals surface area (Å²) < 4.78 is 0. The fraction of sp³-hybridized carbons (Fsp3) is 0.308. The van der Waals surface area contributed by atoms with Crippen molar-refractivity contribution in [2.24, 2.45) is 5.92 Å². The smallest absolute Gasteiger partial charge is 0.226 e. The van der Waals surface area contributed by atoms with Crippen LogP contribution in [-0.4, -0.2) is 16.9 Å². The van der Waals surface area contributed by atoms with Crippen LogP contribution >= 0.6 is 12.2 Å². The zero-order chi connectivity index (χ0) is 14.4. The largest absolute Gasteiger partial charge is 0.332 e. The van der Waals surface area contributed by atoms with Crippen molar-refractivity contribution in [1.29, 1.82) is 0 Å². The predicted octanol–water partition coefficient (Wildman–Crippen LogP) is 2.11. The van der Waals surface area contributed by atoms with Gasteiger partial charge in [-0.2, -0.15) is 0 Å². The summed E-state index contributed by atoms with van der Waals surface area (Å²) in [6.07, 6.45) is 0. The average Bonchev–Trinajstić information content (AvgIpc) is 2.27. The van der Waals surface area contributed by atoms with E-state index in [0.717, 1.165) is 0 Å². The predicted molar refractivity (Wildman–Crippen MR) is 79.9 cm³/mol. The second-order valence-corrected chi connectivity index (χ2v) is 4.77. The van der Waals surface area contributed by atoms with Crippen molar-refractivity contribution >= 4 is 40.5 Å². The average molecular weight is 279 g/mol. The molecule has 3 N–H and O–H groups in total. The van der Waals surface area contributed by atoms with Gasteiger partial charge in [-0.15, -0.1) is 0 Å². The molecule has 2 amide bonds. The number of thiocarbonyl (C=S) groups is 1. The van der Waals surface area contributed by atoms with Crippen LogP contribution < -0.4 is 16.0 Å². The number of benzene rings is 1. The number of rotatable bonds is 3. The molecule has 0 unspecified atom stereocenters. The topological polar surface area (TPSA) is 70.2 Å². The minimum atomic E-state index is -0.234. The summed E-state index contributed by atoms with van der Waals surface area (Å²) in [6.45, 7) is 5.03. The van der Waals surface area contributed by atoms with E-state index in [2.05, 4.69) is 16.0 Å². The lowest BCUT2D eigenvalue weighted by molar-refractivity contribution is -0.119. The third kappa shape index (κ3) is 5.48. The van der Waals surface area contributed by atoms with E-state index in [9.17, 15) is 9.59 Å². The van der Waals surface area contributed by atoms with Crippen LogP contribution in [0.25, 0.3) is 0 Å². The van der Waals surface area contributed by atoms with Crippen molar-refractivity contribution in [3.8, 4) is 0 Å². The first kappa shape index (κ1) is 15.1. The first-order chi connectivity index (χ1) is 8.88. The third-order valence-electron chi connectivity index (χ3n) is 2.20. The van der Waals surface area contributed by atoms with Gasteiger partial charge in [0.2, 0.25) is 11.8 Å². The first-order valence-electron chi connectivity index (χ1n) is 5.88. The Hall–Kier alpha value is -1.95. The summed E-state index contributed by atoms with van der Waals surface area (Å²) in [4.78, 5) is 22.4. The molecule has 0 aliphatic carbocycles. The Morgan fingerprint density at radius 3 is 2.26 bits per heavy atom. The van der Waals surface area contributed by atoms with Crippen molar-refractivity contribution < 1.29 is 9.59 Å². The molecule has 0 radical (unpaired) electrons. The quantitative estimate of drug-likeness (QED) is 0.741. The number of anilines is 2. The van der Waals surface area contributed by atoms with Crippen LogP contribution in [-0.2, 0) is 9.59 Å². The maximum Gasteiger partial charge on any atom is 0.226 e. The zero-order valence-corrected chi connectivity index (χ0v) is 11.9. The SMILES string of the molecule is CC(=O)NC(=S)Nc1cccc(NC(=O)C(C)C)c1. The summed E-state index contributed by atoms with van der Waals surface area (Å²) in [7, 11) is 0. The molecule has 5 nitrogen and oxygen atoms in total. The summed E-state index contributed by atoms with van der Waals surface area (Å²) in [5, 5.41) is 8.34. The number of amides is 2. The molecule has 0 heterocycles. The van der Waals surface area contributed by atoms with Crippen molar-refractivity contribution in [3.63, 3.8) is 0 Å². The molecule has 1 rings (SSSR count). The van der Waals surface area contributed by atoms with Gasteiger partial charge in [0.05, 0.1) is 0 Å². The number of nitrogens with one attached hydrogen (secondary N) is 3. The molecule has 102 valence electrons. The van der Waals surface area contributed by atoms with E-state index in [1.54, 1.807) is 24.3 Å². The molecule has 6 heteroatoms. The highest BCUT2D eigenvalue weighted by Gasteiger charge is 2.07. The summed E-state index contributed by atoms with van der Waals surface area (Å²) >= 11 is 4.95. The second-order valence-electron chi connectivity index (χ2n) is 4.36. The second kappa shape index (κ2) is 6.84. The highest BCUT2D eigenvalue weighted by molar-refractivity contribution is 7.80. The van der Waals surface area contributed by atoms with Gasteiger partial charge in [-0.3, -0.25) is 9.59 Å². The van der Waals surface area contributed by atoms with E-state index in [4.69, 9.17) is 12.2 Å². The molecule has 0 atom stereocenters. The lowest BCUT2D eigenvalue weighted by atomic mass is 10.2. The van der Waals surface area contributed by atoms with Crippen LogP contribution in [0, 0.1) is 5.92 Å². The minimum Gasteiger partial charge on any atom is -0.332 e. The Labute approximate surface area is 117 Å². The molecule has 19 heavy (non-hydrogen) atoms. The maximum atomic E-state index is 11.6. The number of hydrogen-bond donors (Lipinski definition) is 3. The molecule has 0 fully saturated rings. The normalized spacial score (nSPS) is 9.89. The molecule has 1 aromatic carbocycles. The number of hydrogen-bond acceptors (Lipinski definition) is 3. The van der Waals surface area contributed by atoms with Crippen molar-refractivity contribution in [3.05, 3.63) is 24.3 Å². The first-order valence-corrected chi connectivity index (χ1v) is 6.29. The lowest BCUT2D eigenvalue weighted by Crippen LogP contribution is -2.32. The van der Waals surface area contributed by atoms with E-state index in [-0.39, 0.29) is 22.8 Å². The Kier molecular flexibility index (Phi) is 5.44. The van der Waals surface area contributed by atoms with Gasteiger partial charge in [0.25, 0.3) is 0 Å². The standard InChI is InChI=1S/C13H17N3O2S/c1-8(2)12(18)15-10-5-4-6-11(7-10)16-13(19)14-9(3)17/h4-8H,1-3H3,(H,15,18)(H2,14,16,17,19). The van der Waals surface area contributed by atoms with E-state index in [1.807, 2.05) is 13.8 Å². The summed E-state index contributed by atoms with van der Waals surface area (Å²) in [5.74, 6) is -0.375. The summed E-state index contributed by atoms with van der Waals surface area (Å²) in [5.41, 5.74) is 1.37. The van der Waals surface area contributed by atoms with Crippen LogP contribution in [0.4, 0.5) is 11.4 Å². The van der Waals surface area contributed by atoms with Crippen LogP contribution in [0.1, 0.15) is 20.8 Å². The fourth-order valence-electron chi connectivity index (χ4n) is 1.28. The van der Waals surface area contributed by atoms with Gasteiger partial charge in [-0.1, -0.05) is 19.9 Å². The van der Waals surface area contributed by atoms with E-state index < -0.39 is 0 Å². The van der Waals surface area contributed by atoms with Crippen LogP contribution in [0.3, 0.4) is 0 Å². The van der Waals surface area contributed by atoms with Crippen LogP contribution in [0.5, 0.6) is 0 Å². The molecule has 0 bridgehead atoms. The van der Waals surface area contributed by atoms with Gasteiger partial charge in [-0.25, -0.2) is 0 Å². The molecule has 0 aliphatic rings. The van der Waals surface area contributed by atoms with Crippen molar-refractivity contribution in [2.75, 3.05) is 10.6 Å². The van der Waals surface area contributed by atoms with Gasteiger partial charge < -0.3 is 16.0 Å². The van der Waals surface area contributed by atoms with Crippen LogP contribution in [0.15, 0.2) is 24.3 Å². The Bertz CT molecular complexity index is 500. The molecular weight excluding hydrogens is 262 g/mol. The highest BCUT2D eigenvalue weighted by atomic mass is 32.1. The van der Waals surface area contributed by atoms with Gasteiger partial charge >= 0.3 is 0 Å². The van der Waals surface area contributed by atoms with E-state index >= 15 is 0 Å². The zero-order valence-electron chi connectivity index (χ0n) is 11.1. The maximum absolute atomic E-state index is 11.6. The van der Waals surface area contributed by atoms with E-state index in [0.29, 0.717) is 11.4 Å². The minimum absolute atomic E-state index is 0.0541. The molecule has 0 aromatic heterocycles. The molecule has 0 spiro atoms. The highest BCUT2D eigenvalue weighted by Crippen LogP contribution is 2.15. The molecule has 0 saturated carbocycles. The third-order valence-corrected chi connectivity index (χ3v) is 2.41. The summed E-state index contributed by atoms with van der Waals surface area (Å²) in [6, 6.07) is 7.11. The molecule has 1 aromatic rings. The number of carbonyl (C=O) groups excluding carboxylic acids is 2. The van der Waals surface area contributed by atoms with Gasteiger partial charge in [0.15, 0.2) is 5.11 Å². The fourth-order valence-corrected chi connectivity index (χ4v) is 1.55. The molecular formula is C13H17N3O2S. The Morgan fingerprint density at radius 1 is 1.16 bits per heavy atom. The molecule has 0 saturated heterocycles. The number of carbonyl (C=O) groups is 2. The lowest BCUT2D eigenvalue weighted by Gasteiger charge is -2.11. The van der Waals surface area contributed by atoms with Crippen LogP contribution in [0.2, 0.25) is 0 Å². The van der Waals surface area contributed by atoms with Gasteiger partial charge in [0.1, 0.15) is 0 Å².